The molecule has 1 aromatic carbocycles. The Morgan fingerprint density at radius 2 is 1.64 bits per heavy atom. The van der Waals surface area contributed by atoms with Crippen LogP contribution in [0.15, 0.2) is 73.3 Å². The molecule has 8 nitrogen and oxygen atoms in total. The Morgan fingerprint density at radius 3 is 2.36 bits per heavy atom. The predicted molar refractivity (Wildman–Crippen MR) is 108 cm³/mol. The number of hydrogen-bond donors (Lipinski definition) is 4. The van der Waals surface area contributed by atoms with Crippen molar-refractivity contribution in [1.82, 2.24) is 30.6 Å². The minimum atomic E-state index is 0.721. The minimum Gasteiger partial charge on any atom is -0.405 e. The van der Waals surface area contributed by atoms with E-state index in [1.807, 2.05) is 36.4 Å². The Balaban J connectivity index is 1.64. The van der Waals surface area contributed by atoms with Crippen molar-refractivity contribution in [2.75, 3.05) is 0 Å². The summed E-state index contributed by atoms with van der Waals surface area (Å²) in [5, 5.41) is 22.5. The number of nitrogens with zero attached hydrogens (tertiary/aromatic N) is 4. The molecule has 0 saturated heterocycles. The van der Waals surface area contributed by atoms with E-state index in [0.29, 0.717) is 0 Å². The second-order valence-electron chi connectivity index (χ2n) is 6.03. The van der Waals surface area contributed by atoms with Crippen molar-refractivity contribution in [3.63, 3.8) is 0 Å². The smallest absolute Gasteiger partial charge is 0.0943 e. The van der Waals surface area contributed by atoms with Crippen LogP contribution in [0.5, 0.6) is 0 Å². The number of benzene rings is 1. The van der Waals surface area contributed by atoms with Crippen molar-refractivity contribution in [2.45, 2.75) is 0 Å². The molecule has 0 fully saturated rings. The van der Waals surface area contributed by atoms with Crippen LogP contribution < -0.4 is 11.5 Å². The summed E-state index contributed by atoms with van der Waals surface area (Å²) in [6.45, 7) is 0. The van der Waals surface area contributed by atoms with Crippen LogP contribution >= 0.6 is 0 Å². The lowest BCUT2D eigenvalue weighted by Gasteiger charge is -2.01. The molecular weight excluding hydrogens is 352 g/mol. The van der Waals surface area contributed by atoms with Crippen molar-refractivity contribution in [3.8, 4) is 33.8 Å². The molecule has 0 aliphatic carbocycles. The van der Waals surface area contributed by atoms with E-state index in [0.717, 1.165) is 45.0 Å². The van der Waals surface area contributed by atoms with Gasteiger partial charge in [-0.1, -0.05) is 18.2 Å². The van der Waals surface area contributed by atoms with Crippen LogP contribution in [0, 0.1) is 0 Å². The lowest BCUT2D eigenvalue weighted by Crippen LogP contribution is -1.88. The summed E-state index contributed by atoms with van der Waals surface area (Å²) in [4.78, 5) is 0. The summed E-state index contributed by atoms with van der Waals surface area (Å²) in [6.07, 6.45) is 7.93. The van der Waals surface area contributed by atoms with Crippen molar-refractivity contribution < 1.29 is 0 Å². The van der Waals surface area contributed by atoms with Gasteiger partial charge in [0.1, 0.15) is 0 Å². The first kappa shape index (κ1) is 17.2. The Bertz CT molecular complexity index is 1140. The number of rotatable bonds is 5. The fraction of sp³-hybridized carbons (Fsp3) is 0. The van der Waals surface area contributed by atoms with Crippen LogP contribution in [0.3, 0.4) is 0 Å². The van der Waals surface area contributed by atoms with Gasteiger partial charge in [-0.15, -0.1) is 0 Å². The third-order valence-corrected chi connectivity index (χ3v) is 4.27. The van der Waals surface area contributed by atoms with Crippen LogP contribution in [-0.2, 0) is 0 Å². The summed E-state index contributed by atoms with van der Waals surface area (Å²) >= 11 is 0. The van der Waals surface area contributed by atoms with Crippen molar-refractivity contribution >= 4 is 5.57 Å². The minimum absolute atomic E-state index is 0.721. The molecule has 4 rings (SSSR count). The summed E-state index contributed by atoms with van der Waals surface area (Å²) in [5.74, 6) is 0. The molecule has 3 aromatic heterocycles. The first-order chi connectivity index (χ1) is 13.8. The zero-order chi connectivity index (χ0) is 19.3. The first-order valence-corrected chi connectivity index (χ1v) is 8.57. The molecule has 0 spiro atoms. The number of nitrogens with two attached hydrogens (primary N) is 2. The fourth-order valence-corrected chi connectivity index (χ4v) is 2.86. The van der Waals surface area contributed by atoms with Gasteiger partial charge >= 0.3 is 0 Å². The van der Waals surface area contributed by atoms with Gasteiger partial charge in [0.15, 0.2) is 0 Å². The number of H-pyrrole nitrogens is 2. The fourth-order valence-electron chi connectivity index (χ4n) is 2.86. The van der Waals surface area contributed by atoms with Crippen LogP contribution in [0.1, 0.15) is 5.69 Å². The molecule has 6 N–H and O–H groups in total. The average Bonchev–Trinajstić information content (AvgIpc) is 3.43. The van der Waals surface area contributed by atoms with Crippen LogP contribution in [0.25, 0.3) is 39.3 Å². The van der Waals surface area contributed by atoms with E-state index in [-0.39, 0.29) is 0 Å². The summed E-state index contributed by atoms with van der Waals surface area (Å²) in [7, 11) is 0. The van der Waals surface area contributed by atoms with Gasteiger partial charge in [0.05, 0.1) is 35.2 Å². The van der Waals surface area contributed by atoms with Gasteiger partial charge in [0.2, 0.25) is 0 Å². The highest BCUT2D eigenvalue weighted by Crippen LogP contribution is 2.28. The second-order valence-corrected chi connectivity index (χ2v) is 6.03. The lowest BCUT2D eigenvalue weighted by atomic mass is 10.0. The lowest BCUT2D eigenvalue weighted by molar-refractivity contribution is 1.03. The van der Waals surface area contributed by atoms with Gasteiger partial charge in [-0.2, -0.15) is 20.4 Å². The number of hydrogen-bond acceptors (Lipinski definition) is 6. The van der Waals surface area contributed by atoms with Gasteiger partial charge in [-0.05, 0) is 36.5 Å². The van der Waals surface area contributed by atoms with E-state index >= 15 is 0 Å². The molecule has 0 radical (unpaired) electrons. The molecule has 0 amide bonds. The highest BCUT2D eigenvalue weighted by Gasteiger charge is 2.10. The Labute approximate surface area is 161 Å². The molecule has 138 valence electrons. The van der Waals surface area contributed by atoms with Gasteiger partial charge in [-0.25, -0.2) is 0 Å². The van der Waals surface area contributed by atoms with E-state index < -0.39 is 0 Å². The van der Waals surface area contributed by atoms with Crippen molar-refractivity contribution in [3.05, 3.63) is 79.0 Å². The van der Waals surface area contributed by atoms with E-state index in [2.05, 4.69) is 36.7 Å². The van der Waals surface area contributed by atoms with E-state index in [9.17, 15) is 0 Å². The predicted octanol–water partition coefficient (Wildman–Crippen LogP) is 2.70. The standard InChI is InChI=1S/C20H18N8/c21-6-4-15(11-22)19-9-17(25-27-19)13-2-1-3-14(8-13)18-10-20(28-26-18)16-5-7-23-24-12-16/h1-12H,21-22H2,(H,25,27)(H,26,28)/b6-4-,15-11+. The number of aromatic nitrogens is 6. The summed E-state index contributed by atoms with van der Waals surface area (Å²) in [5.41, 5.74) is 18.1. The molecule has 0 bridgehead atoms. The van der Waals surface area contributed by atoms with E-state index in [1.54, 1.807) is 18.5 Å². The first-order valence-electron chi connectivity index (χ1n) is 8.57. The number of nitrogens with one attached hydrogen (secondary N) is 2. The van der Waals surface area contributed by atoms with E-state index in [1.165, 1.54) is 12.4 Å². The van der Waals surface area contributed by atoms with Crippen molar-refractivity contribution in [1.29, 1.82) is 0 Å². The molecule has 3 heterocycles. The zero-order valence-electron chi connectivity index (χ0n) is 14.9. The molecule has 28 heavy (non-hydrogen) atoms. The topological polar surface area (TPSA) is 135 Å². The SMILES string of the molecule is N/C=C\C(=C/N)c1cc(-c2cccc(-c3cc(-c4ccnnc4)n[nH]3)c2)[nH]n1. The maximum atomic E-state index is 5.65. The van der Waals surface area contributed by atoms with Crippen LogP contribution in [0.2, 0.25) is 0 Å². The van der Waals surface area contributed by atoms with Crippen LogP contribution in [-0.4, -0.2) is 30.6 Å². The monoisotopic (exact) mass is 370 g/mol. The molecular formula is C20H18N8. The average molecular weight is 370 g/mol. The van der Waals surface area contributed by atoms with Gasteiger partial charge in [0, 0.05) is 28.5 Å². The third kappa shape index (κ3) is 3.38. The molecule has 0 saturated carbocycles. The highest BCUT2D eigenvalue weighted by atomic mass is 15.1. The molecule has 0 aliphatic heterocycles. The summed E-state index contributed by atoms with van der Waals surface area (Å²) < 4.78 is 0. The maximum absolute atomic E-state index is 5.65. The Hall–Kier alpha value is -4.20. The van der Waals surface area contributed by atoms with E-state index in [4.69, 9.17) is 11.5 Å². The highest BCUT2D eigenvalue weighted by molar-refractivity contribution is 5.76. The largest absolute Gasteiger partial charge is 0.405 e. The molecule has 0 unspecified atom stereocenters. The molecule has 0 atom stereocenters. The second kappa shape index (κ2) is 7.58. The molecule has 0 aliphatic rings. The number of aromatic amines is 2. The number of allylic oxidation sites excluding steroid dienone is 2. The molecule has 4 aromatic rings. The van der Waals surface area contributed by atoms with Gasteiger partial charge in [0.25, 0.3) is 0 Å². The van der Waals surface area contributed by atoms with Crippen molar-refractivity contribution in [2.24, 2.45) is 11.5 Å². The Kier molecular flexibility index (Phi) is 4.67. The summed E-state index contributed by atoms with van der Waals surface area (Å²) in [6, 6.07) is 13.9. The molecule has 8 heteroatoms. The van der Waals surface area contributed by atoms with Crippen LogP contribution in [0.4, 0.5) is 0 Å². The Morgan fingerprint density at radius 1 is 0.857 bits per heavy atom. The zero-order valence-corrected chi connectivity index (χ0v) is 14.9. The maximum Gasteiger partial charge on any atom is 0.0943 e. The third-order valence-electron chi connectivity index (χ3n) is 4.27. The van der Waals surface area contributed by atoms with Gasteiger partial charge < -0.3 is 11.5 Å². The quantitative estimate of drug-likeness (QED) is 0.399. The normalized spacial score (nSPS) is 11.9. The van der Waals surface area contributed by atoms with Gasteiger partial charge in [-0.3, -0.25) is 10.2 Å².